The first-order valence-corrected chi connectivity index (χ1v) is 6.85. The van der Waals surface area contributed by atoms with Gasteiger partial charge in [-0.15, -0.1) is 0 Å². The van der Waals surface area contributed by atoms with E-state index in [1.165, 1.54) is 12.1 Å². The number of nitrogens with two attached hydrogens (primary N) is 1. The third-order valence-corrected chi connectivity index (χ3v) is 3.79. The van der Waals surface area contributed by atoms with Crippen LogP contribution in [0.25, 0.3) is 12.2 Å². The highest BCUT2D eigenvalue weighted by Gasteiger charge is 2.38. The van der Waals surface area contributed by atoms with Gasteiger partial charge in [0.1, 0.15) is 0 Å². The quantitative estimate of drug-likeness (QED) is 0.941. The summed E-state index contributed by atoms with van der Waals surface area (Å²) < 4.78 is 42.5. The lowest BCUT2D eigenvalue weighted by atomic mass is 9.77. The SMILES string of the molecule is NC1(c2noc(/C=C/c3ccc(C(F)(F)F)cc3)n2)CCC1. The van der Waals surface area contributed by atoms with Crippen LogP contribution in [0, 0.1) is 0 Å². The second-order valence-electron chi connectivity index (χ2n) is 5.42. The Morgan fingerprint density at radius 1 is 1.14 bits per heavy atom. The van der Waals surface area contributed by atoms with Gasteiger partial charge in [0.05, 0.1) is 11.1 Å². The largest absolute Gasteiger partial charge is 0.416 e. The molecule has 0 saturated heterocycles. The number of nitrogens with zero attached hydrogens (tertiary/aromatic N) is 2. The van der Waals surface area contributed by atoms with Crippen LogP contribution in [0.3, 0.4) is 0 Å². The summed E-state index contributed by atoms with van der Waals surface area (Å²) in [5, 5.41) is 3.86. The van der Waals surface area contributed by atoms with Crippen molar-refractivity contribution in [3.05, 3.63) is 47.1 Å². The summed E-state index contributed by atoms with van der Waals surface area (Å²) in [6.45, 7) is 0. The highest BCUT2D eigenvalue weighted by atomic mass is 19.4. The van der Waals surface area contributed by atoms with E-state index in [9.17, 15) is 13.2 Å². The van der Waals surface area contributed by atoms with Gasteiger partial charge in [-0.25, -0.2) is 0 Å². The normalized spacial score (nSPS) is 17.6. The molecule has 1 aromatic carbocycles. The number of rotatable bonds is 3. The van der Waals surface area contributed by atoms with E-state index in [2.05, 4.69) is 10.1 Å². The van der Waals surface area contributed by atoms with Gasteiger partial charge >= 0.3 is 6.18 Å². The zero-order valence-electron chi connectivity index (χ0n) is 11.6. The van der Waals surface area contributed by atoms with Gasteiger partial charge in [-0.1, -0.05) is 17.3 Å². The number of alkyl halides is 3. The molecule has 1 heterocycles. The van der Waals surface area contributed by atoms with Crippen molar-refractivity contribution in [1.82, 2.24) is 10.1 Å². The molecular formula is C15H14F3N3O. The molecule has 0 unspecified atom stereocenters. The van der Waals surface area contributed by atoms with Crippen molar-refractivity contribution in [1.29, 1.82) is 0 Å². The first kappa shape index (κ1) is 14.8. The fraction of sp³-hybridized carbons (Fsp3) is 0.333. The second-order valence-corrected chi connectivity index (χ2v) is 5.42. The molecule has 2 N–H and O–H groups in total. The lowest BCUT2D eigenvalue weighted by Gasteiger charge is -2.34. The summed E-state index contributed by atoms with van der Waals surface area (Å²) in [5.41, 5.74) is 5.52. The van der Waals surface area contributed by atoms with E-state index < -0.39 is 17.3 Å². The summed E-state index contributed by atoms with van der Waals surface area (Å²) in [7, 11) is 0. The predicted molar refractivity (Wildman–Crippen MR) is 74.4 cm³/mol. The zero-order valence-corrected chi connectivity index (χ0v) is 11.6. The molecule has 1 aromatic heterocycles. The van der Waals surface area contributed by atoms with Crippen molar-refractivity contribution in [3.63, 3.8) is 0 Å². The van der Waals surface area contributed by atoms with Crippen molar-refractivity contribution in [3.8, 4) is 0 Å². The average Bonchev–Trinajstić information content (AvgIpc) is 2.91. The molecule has 0 bridgehead atoms. The fourth-order valence-corrected chi connectivity index (χ4v) is 2.24. The fourth-order valence-electron chi connectivity index (χ4n) is 2.24. The third-order valence-electron chi connectivity index (χ3n) is 3.79. The van der Waals surface area contributed by atoms with E-state index in [-0.39, 0.29) is 5.89 Å². The van der Waals surface area contributed by atoms with Crippen LogP contribution in [-0.4, -0.2) is 10.1 Å². The Hall–Kier alpha value is -2.15. The van der Waals surface area contributed by atoms with Gasteiger partial charge in [-0.3, -0.25) is 0 Å². The van der Waals surface area contributed by atoms with Crippen LogP contribution in [0.4, 0.5) is 13.2 Å². The number of benzene rings is 1. The molecule has 0 amide bonds. The Morgan fingerprint density at radius 3 is 2.36 bits per heavy atom. The monoisotopic (exact) mass is 309 g/mol. The van der Waals surface area contributed by atoms with Crippen molar-refractivity contribution in [2.75, 3.05) is 0 Å². The van der Waals surface area contributed by atoms with Crippen molar-refractivity contribution < 1.29 is 17.7 Å². The Morgan fingerprint density at radius 2 is 1.82 bits per heavy atom. The Kier molecular flexibility index (Phi) is 3.52. The minimum absolute atomic E-state index is 0.284. The van der Waals surface area contributed by atoms with E-state index in [4.69, 9.17) is 10.3 Å². The average molecular weight is 309 g/mol. The van der Waals surface area contributed by atoms with E-state index in [1.807, 2.05) is 0 Å². The zero-order chi connectivity index (χ0) is 15.8. The number of halogens is 3. The van der Waals surface area contributed by atoms with Crippen LogP contribution in [0.5, 0.6) is 0 Å². The molecular weight excluding hydrogens is 295 g/mol. The van der Waals surface area contributed by atoms with E-state index >= 15 is 0 Å². The van der Waals surface area contributed by atoms with Crippen molar-refractivity contribution in [2.24, 2.45) is 5.73 Å². The van der Waals surface area contributed by atoms with E-state index in [0.29, 0.717) is 11.4 Å². The van der Waals surface area contributed by atoms with Gasteiger partial charge in [0, 0.05) is 6.08 Å². The molecule has 4 nitrogen and oxygen atoms in total. The topological polar surface area (TPSA) is 64.9 Å². The highest BCUT2D eigenvalue weighted by molar-refractivity contribution is 5.66. The summed E-state index contributed by atoms with van der Waals surface area (Å²) in [6.07, 6.45) is 1.54. The molecule has 1 saturated carbocycles. The van der Waals surface area contributed by atoms with Gasteiger partial charge in [0.25, 0.3) is 5.89 Å². The molecule has 1 fully saturated rings. The minimum Gasteiger partial charge on any atom is -0.335 e. The van der Waals surface area contributed by atoms with Gasteiger partial charge < -0.3 is 10.3 Å². The first-order chi connectivity index (χ1) is 10.4. The summed E-state index contributed by atoms with van der Waals surface area (Å²) in [6, 6.07) is 4.82. The summed E-state index contributed by atoms with van der Waals surface area (Å²) in [5.74, 6) is 0.762. The summed E-state index contributed by atoms with van der Waals surface area (Å²) >= 11 is 0. The molecule has 3 rings (SSSR count). The minimum atomic E-state index is -4.33. The maximum absolute atomic E-state index is 12.5. The Bertz CT molecular complexity index is 685. The lowest BCUT2D eigenvalue weighted by molar-refractivity contribution is -0.137. The maximum atomic E-state index is 12.5. The first-order valence-electron chi connectivity index (χ1n) is 6.85. The van der Waals surface area contributed by atoms with Crippen LogP contribution in [0.15, 0.2) is 28.8 Å². The van der Waals surface area contributed by atoms with Crippen LogP contribution in [-0.2, 0) is 11.7 Å². The van der Waals surface area contributed by atoms with Gasteiger partial charge in [0.15, 0.2) is 5.82 Å². The van der Waals surface area contributed by atoms with Crippen LogP contribution < -0.4 is 5.73 Å². The predicted octanol–water partition coefficient (Wildman–Crippen LogP) is 3.60. The maximum Gasteiger partial charge on any atom is 0.416 e. The molecule has 0 aliphatic heterocycles. The van der Waals surface area contributed by atoms with Crippen LogP contribution in [0.1, 0.15) is 42.1 Å². The molecule has 0 atom stereocenters. The Labute approximate surface area is 124 Å². The van der Waals surface area contributed by atoms with Gasteiger partial charge in [-0.05, 0) is 43.0 Å². The van der Waals surface area contributed by atoms with Crippen LogP contribution >= 0.6 is 0 Å². The van der Waals surface area contributed by atoms with E-state index in [0.717, 1.165) is 31.4 Å². The molecule has 7 heteroatoms. The molecule has 1 aliphatic rings. The van der Waals surface area contributed by atoms with Crippen molar-refractivity contribution in [2.45, 2.75) is 31.0 Å². The van der Waals surface area contributed by atoms with Crippen molar-refractivity contribution >= 4 is 12.2 Å². The molecule has 22 heavy (non-hydrogen) atoms. The highest BCUT2D eigenvalue weighted by Crippen LogP contribution is 2.37. The summed E-state index contributed by atoms with van der Waals surface area (Å²) in [4.78, 5) is 4.21. The van der Waals surface area contributed by atoms with Gasteiger partial charge in [0.2, 0.25) is 0 Å². The standard InChI is InChI=1S/C15H14F3N3O/c16-15(17,18)11-5-2-10(3-6-11)4-7-12-20-13(21-22-12)14(19)8-1-9-14/h2-7H,1,8-9,19H2/b7-4+. The third kappa shape index (κ3) is 2.89. The van der Waals surface area contributed by atoms with Gasteiger partial charge in [-0.2, -0.15) is 18.2 Å². The smallest absolute Gasteiger partial charge is 0.335 e. The molecule has 116 valence electrons. The lowest BCUT2D eigenvalue weighted by Crippen LogP contribution is -2.44. The molecule has 0 spiro atoms. The van der Waals surface area contributed by atoms with E-state index in [1.54, 1.807) is 12.2 Å². The molecule has 2 aromatic rings. The molecule has 0 radical (unpaired) electrons. The number of aromatic nitrogens is 2. The second kappa shape index (κ2) is 5.24. The number of hydrogen-bond donors (Lipinski definition) is 1. The number of hydrogen-bond acceptors (Lipinski definition) is 4. The van der Waals surface area contributed by atoms with Crippen LogP contribution in [0.2, 0.25) is 0 Å². The molecule has 1 aliphatic carbocycles. The Balaban J connectivity index is 1.71.